The third kappa shape index (κ3) is 13.5. The zero-order valence-corrected chi connectivity index (χ0v) is 14.3. The molecular formula is C14H23N2O6S+. The average Bonchev–Trinajstić information content (AvgIpc) is 2.35. The highest BCUT2D eigenvalue weighted by atomic mass is 32.2. The smallest absolute Gasteiger partial charge is 0.265 e. The van der Waals surface area contributed by atoms with Crippen LogP contribution in [0.3, 0.4) is 0 Å². The van der Waals surface area contributed by atoms with Gasteiger partial charge in [0.25, 0.3) is 10.1 Å². The molecule has 0 radical (unpaired) electrons. The minimum Gasteiger partial charge on any atom is -0.544 e. The summed E-state index contributed by atoms with van der Waals surface area (Å²) in [6, 6.07) is 3.36. The Morgan fingerprint density at radius 1 is 1.39 bits per heavy atom. The van der Waals surface area contributed by atoms with Gasteiger partial charge in [0.05, 0.1) is 38.4 Å². The number of quaternary nitrogens is 1. The van der Waals surface area contributed by atoms with Gasteiger partial charge < -0.3 is 14.4 Å². The number of aryl methyl sites for hydroxylation is 1. The van der Waals surface area contributed by atoms with Crippen molar-refractivity contribution >= 4 is 22.4 Å². The van der Waals surface area contributed by atoms with Crippen LogP contribution in [0.4, 0.5) is 0 Å². The Labute approximate surface area is 136 Å². The topological polar surface area (TPSA) is 115 Å². The summed E-state index contributed by atoms with van der Waals surface area (Å²) < 4.78 is 31.5. The van der Waals surface area contributed by atoms with E-state index in [2.05, 4.69) is 0 Å². The molecule has 1 rings (SSSR count). The molecule has 0 amide bonds. The van der Waals surface area contributed by atoms with E-state index in [0.29, 0.717) is 23.0 Å². The average molecular weight is 347 g/mol. The summed E-state index contributed by atoms with van der Waals surface area (Å²) in [5.74, 6) is -1.27. The lowest BCUT2D eigenvalue weighted by atomic mass is 10.3. The molecule has 0 saturated carbocycles. The van der Waals surface area contributed by atoms with Crippen LogP contribution in [0.2, 0.25) is 0 Å². The molecule has 0 spiro atoms. The van der Waals surface area contributed by atoms with Gasteiger partial charge in [0.15, 0.2) is 18.7 Å². The zero-order chi connectivity index (χ0) is 18.1. The summed E-state index contributed by atoms with van der Waals surface area (Å²) >= 11 is 0. The van der Waals surface area contributed by atoms with Crippen molar-refractivity contribution in [1.82, 2.24) is 0 Å². The van der Waals surface area contributed by atoms with Gasteiger partial charge in [-0.1, -0.05) is 0 Å². The minimum atomic E-state index is -3.89. The van der Waals surface area contributed by atoms with Gasteiger partial charge in [0.1, 0.15) is 13.1 Å². The number of carboxylic acid groups (broad SMARTS) is 1. The van der Waals surface area contributed by atoms with Crippen LogP contribution in [0.15, 0.2) is 24.5 Å². The number of carboxylic acids is 1. The van der Waals surface area contributed by atoms with E-state index in [-0.39, 0.29) is 12.3 Å². The fourth-order valence-corrected chi connectivity index (χ4v) is 2.06. The first kappa shape index (κ1) is 21.2. The lowest BCUT2D eigenvalue weighted by Gasteiger charge is -2.23. The van der Waals surface area contributed by atoms with Crippen molar-refractivity contribution in [3.05, 3.63) is 30.1 Å². The van der Waals surface area contributed by atoms with E-state index >= 15 is 0 Å². The summed E-state index contributed by atoms with van der Waals surface area (Å²) in [7, 11) is 1.51. The first-order chi connectivity index (χ1) is 10.4. The van der Waals surface area contributed by atoms with Crippen molar-refractivity contribution in [2.75, 3.05) is 33.4 Å². The monoisotopic (exact) mass is 347 g/mol. The number of carbonyl (C=O) groups excluding carboxylic acids is 2. The number of hydrogen-bond acceptors (Lipinski definition) is 5. The van der Waals surface area contributed by atoms with Gasteiger partial charge >= 0.3 is 0 Å². The summed E-state index contributed by atoms with van der Waals surface area (Å²) in [5.41, 5.74) is 0.532. The van der Waals surface area contributed by atoms with Crippen molar-refractivity contribution in [1.29, 1.82) is 0 Å². The molecule has 1 N–H and O–H groups in total. The van der Waals surface area contributed by atoms with E-state index in [0.717, 1.165) is 6.29 Å². The minimum absolute atomic E-state index is 0.0694. The van der Waals surface area contributed by atoms with Gasteiger partial charge in [-0.05, 0) is 6.07 Å². The number of likely N-dealkylation sites (N-methyl/N-ethyl adjacent to an activating group) is 1. The summed E-state index contributed by atoms with van der Waals surface area (Å²) in [6.45, 7) is 0.515. The maximum absolute atomic E-state index is 10.4. The van der Waals surface area contributed by atoms with Gasteiger partial charge in [-0.2, -0.15) is 8.42 Å². The van der Waals surface area contributed by atoms with Gasteiger partial charge in [0, 0.05) is 12.5 Å². The fraction of sp³-hybridized carbons (Fsp3) is 0.500. The van der Waals surface area contributed by atoms with E-state index in [1.165, 1.54) is 0 Å². The molecule has 0 saturated heterocycles. The molecule has 0 unspecified atom stereocenters. The van der Waals surface area contributed by atoms with Gasteiger partial charge in [-0.25, -0.2) is 4.57 Å². The Kier molecular flexibility index (Phi) is 8.59. The van der Waals surface area contributed by atoms with Crippen molar-refractivity contribution in [3.63, 3.8) is 0 Å². The number of aldehydes is 1. The molecule has 130 valence electrons. The van der Waals surface area contributed by atoms with E-state index < -0.39 is 16.1 Å². The molecule has 8 nitrogen and oxygen atoms in total. The van der Waals surface area contributed by atoms with Crippen LogP contribution in [0.25, 0.3) is 0 Å². The Hall–Kier alpha value is -1.84. The number of nitrogens with zero attached hydrogens (tertiary/aromatic N) is 2. The Bertz CT molecular complexity index is 622. The molecule has 1 aromatic heterocycles. The SMILES string of the molecule is C[N+](C)(C)CC(=O)[O-].O=Cc1ccc[n+](CCCS(=O)(=O)O)c1. The molecular weight excluding hydrogens is 324 g/mol. The largest absolute Gasteiger partial charge is 0.544 e. The van der Waals surface area contributed by atoms with E-state index in [1.807, 2.05) is 0 Å². The van der Waals surface area contributed by atoms with Gasteiger partial charge in [-0.3, -0.25) is 9.35 Å². The van der Waals surface area contributed by atoms with Crippen LogP contribution in [0, 0.1) is 0 Å². The number of hydrogen-bond donors (Lipinski definition) is 1. The van der Waals surface area contributed by atoms with Gasteiger partial charge in [0.2, 0.25) is 0 Å². The Balaban J connectivity index is 0.000000515. The molecule has 23 heavy (non-hydrogen) atoms. The third-order valence-corrected chi connectivity index (χ3v) is 3.24. The molecule has 0 aliphatic heterocycles. The lowest BCUT2D eigenvalue weighted by Crippen LogP contribution is -2.45. The quantitative estimate of drug-likeness (QED) is 0.278. The van der Waals surface area contributed by atoms with Crippen molar-refractivity contribution in [2.24, 2.45) is 0 Å². The first-order valence-corrected chi connectivity index (χ1v) is 8.43. The highest BCUT2D eigenvalue weighted by molar-refractivity contribution is 7.85. The van der Waals surface area contributed by atoms with Crippen LogP contribution in [-0.2, 0) is 21.5 Å². The van der Waals surface area contributed by atoms with Crippen LogP contribution >= 0.6 is 0 Å². The number of aromatic nitrogens is 1. The van der Waals surface area contributed by atoms with Crippen molar-refractivity contribution in [3.8, 4) is 0 Å². The lowest BCUT2D eigenvalue weighted by molar-refractivity contribution is -0.864. The van der Waals surface area contributed by atoms with Crippen molar-refractivity contribution < 1.29 is 36.7 Å². The second kappa shape index (κ2) is 9.33. The molecule has 1 heterocycles. The summed E-state index contributed by atoms with van der Waals surface area (Å²) in [6.07, 6.45) is 4.39. The first-order valence-electron chi connectivity index (χ1n) is 6.83. The van der Waals surface area contributed by atoms with E-state index in [9.17, 15) is 23.1 Å². The maximum Gasteiger partial charge on any atom is 0.265 e. The van der Waals surface area contributed by atoms with Crippen molar-refractivity contribution in [2.45, 2.75) is 13.0 Å². The summed E-state index contributed by atoms with van der Waals surface area (Å²) in [5, 5.41) is 9.89. The normalized spacial score (nSPS) is 11.3. The molecule has 9 heteroatoms. The molecule has 0 aliphatic carbocycles. The van der Waals surface area contributed by atoms with Crippen LogP contribution in [0.1, 0.15) is 16.8 Å². The Morgan fingerprint density at radius 2 is 2.00 bits per heavy atom. The van der Waals surface area contributed by atoms with Crippen LogP contribution in [-0.4, -0.2) is 63.1 Å². The molecule has 0 bridgehead atoms. The highest BCUT2D eigenvalue weighted by Crippen LogP contribution is 1.92. The third-order valence-electron chi connectivity index (χ3n) is 2.44. The molecule has 1 aromatic rings. The van der Waals surface area contributed by atoms with Gasteiger partial charge in [-0.15, -0.1) is 0 Å². The maximum atomic E-state index is 10.4. The predicted octanol–water partition coefficient (Wildman–Crippen LogP) is -1.49. The number of aliphatic carboxylic acids is 1. The fourth-order valence-electron chi connectivity index (χ4n) is 1.57. The zero-order valence-electron chi connectivity index (χ0n) is 13.5. The molecule has 0 atom stereocenters. The molecule has 0 aliphatic rings. The standard InChI is InChI=1S/C9H11NO4S.C5H11NO2/c11-8-9-3-1-4-10(7-9)5-2-6-15(12,13)14;1-6(2,3)4-5(7)8/h1,3-4,7-8H,2,5-6H2;4H2,1-3H3/p+1. The number of pyridine rings is 1. The Morgan fingerprint density at radius 3 is 2.39 bits per heavy atom. The number of carbonyl (C=O) groups is 2. The highest BCUT2D eigenvalue weighted by Gasteiger charge is 2.07. The summed E-state index contributed by atoms with van der Waals surface area (Å²) in [4.78, 5) is 20.3. The van der Waals surface area contributed by atoms with E-state index in [1.54, 1.807) is 50.2 Å². The molecule has 0 fully saturated rings. The second-order valence-corrected chi connectivity index (χ2v) is 7.53. The predicted molar refractivity (Wildman–Crippen MR) is 81.0 cm³/mol. The van der Waals surface area contributed by atoms with Crippen LogP contribution in [0.5, 0.6) is 0 Å². The van der Waals surface area contributed by atoms with E-state index in [4.69, 9.17) is 4.55 Å². The second-order valence-electron chi connectivity index (χ2n) is 5.95. The van der Waals surface area contributed by atoms with Crippen LogP contribution < -0.4 is 9.67 Å². The molecule has 0 aromatic carbocycles. The number of rotatable bonds is 7.